The Kier molecular flexibility index (Phi) is 4.46. The summed E-state index contributed by atoms with van der Waals surface area (Å²) in [5, 5.41) is 0.669. The molecule has 0 saturated carbocycles. The van der Waals surface area contributed by atoms with Crippen LogP contribution in [0.25, 0.3) is 0 Å². The highest BCUT2D eigenvalue weighted by Gasteiger charge is 2.33. The average molecular weight is 291 g/mol. The summed E-state index contributed by atoms with van der Waals surface area (Å²) in [5.74, 6) is 2.13. The molecule has 0 N–H and O–H groups in total. The van der Waals surface area contributed by atoms with E-state index in [4.69, 9.17) is 11.2 Å². The van der Waals surface area contributed by atoms with Crippen molar-refractivity contribution in [1.82, 2.24) is 0 Å². The van der Waals surface area contributed by atoms with E-state index in [0.29, 0.717) is 30.1 Å². The van der Waals surface area contributed by atoms with Crippen molar-refractivity contribution in [2.24, 2.45) is 5.92 Å². The van der Waals surface area contributed by atoms with E-state index in [0.717, 1.165) is 11.3 Å². The van der Waals surface area contributed by atoms with Gasteiger partial charge in [-0.3, -0.25) is 4.79 Å². The normalized spacial score (nSPS) is 18.1. The summed E-state index contributed by atoms with van der Waals surface area (Å²) in [7, 11) is 0. The highest BCUT2D eigenvalue weighted by atomic mass is 32.1. The van der Waals surface area contributed by atoms with Crippen LogP contribution in [0.3, 0.4) is 0 Å². The summed E-state index contributed by atoms with van der Waals surface area (Å²) >= 11 is 1.46. The predicted molar refractivity (Wildman–Crippen MR) is 78.9 cm³/mol. The minimum absolute atomic E-state index is 0.0250. The van der Waals surface area contributed by atoms with Gasteiger partial charge >= 0.3 is 5.97 Å². The topological polar surface area (TPSA) is 46.6 Å². The zero-order valence-electron chi connectivity index (χ0n) is 11.6. The van der Waals surface area contributed by atoms with E-state index in [1.807, 2.05) is 13.0 Å². The molecule has 5 heteroatoms. The van der Waals surface area contributed by atoms with Gasteiger partial charge in [0, 0.05) is 23.8 Å². The third-order valence-corrected chi connectivity index (χ3v) is 4.52. The fourth-order valence-electron chi connectivity index (χ4n) is 2.18. The largest absolute Gasteiger partial charge is 0.462 e. The maximum atomic E-state index is 12.1. The number of hydrogen-bond donors (Lipinski definition) is 0. The molecule has 0 spiro atoms. The molecule has 1 amide bonds. The summed E-state index contributed by atoms with van der Waals surface area (Å²) in [6, 6.07) is 1.81. The molecule has 2 rings (SSSR count). The van der Waals surface area contributed by atoms with Crippen molar-refractivity contribution in [1.29, 1.82) is 0 Å². The second-order valence-corrected chi connectivity index (χ2v) is 5.69. The lowest BCUT2D eigenvalue weighted by Crippen LogP contribution is -2.25. The van der Waals surface area contributed by atoms with Gasteiger partial charge in [-0.25, -0.2) is 4.79 Å². The number of nitrogens with zero attached hydrogens (tertiary/aromatic N) is 1. The Labute approximate surface area is 122 Å². The molecule has 0 aromatic carbocycles. The number of anilines is 1. The number of esters is 1. The predicted octanol–water partition coefficient (Wildman–Crippen LogP) is 2.47. The van der Waals surface area contributed by atoms with Gasteiger partial charge in [0.25, 0.3) is 0 Å². The first-order valence-electron chi connectivity index (χ1n) is 6.67. The highest BCUT2D eigenvalue weighted by Crippen LogP contribution is 2.36. The molecule has 20 heavy (non-hydrogen) atoms. The molecule has 0 radical (unpaired) electrons. The minimum Gasteiger partial charge on any atom is -0.462 e. The number of terminal acetylenes is 1. The second kappa shape index (κ2) is 6.10. The van der Waals surface area contributed by atoms with Crippen LogP contribution < -0.4 is 4.90 Å². The van der Waals surface area contributed by atoms with Gasteiger partial charge in [-0.15, -0.1) is 23.7 Å². The molecule has 1 atom stereocenters. The standard InChI is InChI=1S/C15H17NO3S/c1-4-10-7-13(17)16(9-10)14-12(15(18)19-6-3)8-11(5-2)20-14/h1,8,10H,5-7,9H2,2-3H3. The molecular formula is C15H17NO3S. The molecule has 1 saturated heterocycles. The van der Waals surface area contributed by atoms with E-state index >= 15 is 0 Å². The Morgan fingerprint density at radius 3 is 2.90 bits per heavy atom. The average Bonchev–Trinajstić information content (AvgIpc) is 3.01. The quantitative estimate of drug-likeness (QED) is 0.632. The zero-order valence-corrected chi connectivity index (χ0v) is 12.5. The van der Waals surface area contributed by atoms with Crippen molar-refractivity contribution in [3.05, 3.63) is 16.5 Å². The van der Waals surface area contributed by atoms with E-state index in [1.165, 1.54) is 11.3 Å². The fourth-order valence-corrected chi connectivity index (χ4v) is 3.28. The summed E-state index contributed by atoms with van der Waals surface area (Å²) < 4.78 is 5.06. The second-order valence-electron chi connectivity index (χ2n) is 4.58. The molecule has 0 aliphatic carbocycles. The van der Waals surface area contributed by atoms with E-state index < -0.39 is 0 Å². The van der Waals surface area contributed by atoms with Crippen molar-refractivity contribution < 1.29 is 14.3 Å². The van der Waals surface area contributed by atoms with Crippen LogP contribution in [0, 0.1) is 18.3 Å². The van der Waals surface area contributed by atoms with Crippen LogP contribution >= 0.6 is 11.3 Å². The maximum absolute atomic E-state index is 12.1. The number of carbonyl (C=O) groups excluding carboxylic acids is 2. The summed E-state index contributed by atoms with van der Waals surface area (Å²) in [4.78, 5) is 26.8. The monoisotopic (exact) mass is 291 g/mol. The maximum Gasteiger partial charge on any atom is 0.341 e. The molecule has 1 unspecified atom stereocenters. The van der Waals surface area contributed by atoms with Crippen molar-refractivity contribution in [3.63, 3.8) is 0 Å². The number of aryl methyl sites for hydroxylation is 1. The van der Waals surface area contributed by atoms with Crippen molar-refractivity contribution in [2.45, 2.75) is 26.7 Å². The van der Waals surface area contributed by atoms with Crippen molar-refractivity contribution >= 4 is 28.2 Å². The minimum atomic E-state index is -0.379. The molecule has 0 bridgehead atoms. The molecule has 1 aliphatic heterocycles. The van der Waals surface area contributed by atoms with Crippen molar-refractivity contribution in [2.75, 3.05) is 18.1 Å². The number of thiophene rings is 1. The number of amides is 1. The third-order valence-electron chi connectivity index (χ3n) is 3.21. The van der Waals surface area contributed by atoms with Gasteiger partial charge in [0.2, 0.25) is 5.91 Å². The molecule has 2 heterocycles. The lowest BCUT2D eigenvalue weighted by molar-refractivity contribution is -0.117. The Bertz CT molecular complexity index is 570. The number of rotatable bonds is 4. The first-order valence-corrected chi connectivity index (χ1v) is 7.48. The fraction of sp³-hybridized carbons (Fsp3) is 0.467. The highest BCUT2D eigenvalue weighted by molar-refractivity contribution is 7.16. The van der Waals surface area contributed by atoms with Crippen LogP contribution in [-0.4, -0.2) is 25.0 Å². The zero-order chi connectivity index (χ0) is 14.7. The lowest BCUT2D eigenvalue weighted by atomic mass is 10.1. The molecule has 106 valence electrons. The Morgan fingerprint density at radius 2 is 2.35 bits per heavy atom. The van der Waals surface area contributed by atoms with Crippen LogP contribution in [-0.2, 0) is 16.0 Å². The van der Waals surface area contributed by atoms with E-state index in [-0.39, 0.29) is 17.8 Å². The van der Waals surface area contributed by atoms with Crippen molar-refractivity contribution in [3.8, 4) is 12.3 Å². The molecular weight excluding hydrogens is 274 g/mol. The van der Waals surface area contributed by atoms with Crippen LogP contribution in [0.5, 0.6) is 0 Å². The number of ether oxygens (including phenoxy) is 1. The first kappa shape index (κ1) is 14.6. The Balaban J connectivity index is 2.35. The van der Waals surface area contributed by atoms with Gasteiger partial charge in [0.1, 0.15) is 5.00 Å². The number of carbonyl (C=O) groups is 2. The summed E-state index contributed by atoms with van der Waals surface area (Å²) in [6.07, 6.45) is 6.56. The lowest BCUT2D eigenvalue weighted by Gasteiger charge is -2.15. The van der Waals surface area contributed by atoms with Gasteiger partial charge in [-0.2, -0.15) is 0 Å². The summed E-state index contributed by atoms with van der Waals surface area (Å²) in [6.45, 7) is 4.57. The Morgan fingerprint density at radius 1 is 1.60 bits per heavy atom. The smallest absolute Gasteiger partial charge is 0.341 e. The summed E-state index contributed by atoms with van der Waals surface area (Å²) in [5.41, 5.74) is 0.472. The van der Waals surface area contributed by atoms with Gasteiger partial charge < -0.3 is 9.64 Å². The number of hydrogen-bond acceptors (Lipinski definition) is 4. The Hall–Kier alpha value is -1.80. The third kappa shape index (κ3) is 2.70. The van der Waals surface area contributed by atoms with Crippen LogP contribution in [0.1, 0.15) is 35.5 Å². The van der Waals surface area contributed by atoms with Crippen LogP contribution in [0.15, 0.2) is 6.07 Å². The van der Waals surface area contributed by atoms with Gasteiger partial charge in [0.15, 0.2) is 0 Å². The molecule has 1 aliphatic rings. The molecule has 1 aromatic heterocycles. The SMILES string of the molecule is C#CC1CC(=O)N(c2sc(CC)cc2C(=O)OCC)C1. The molecule has 1 fully saturated rings. The first-order chi connectivity index (χ1) is 9.60. The van der Waals surface area contributed by atoms with E-state index in [1.54, 1.807) is 11.8 Å². The van der Waals surface area contributed by atoms with Gasteiger partial charge in [-0.05, 0) is 19.4 Å². The van der Waals surface area contributed by atoms with Crippen LogP contribution in [0.2, 0.25) is 0 Å². The van der Waals surface area contributed by atoms with E-state index in [2.05, 4.69) is 5.92 Å². The van der Waals surface area contributed by atoms with Gasteiger partial charge in [0.05, 0.1) is 12.2 Å². The molecule has 1 aromatic rings. The van der Waals surface area contributed by atoms with Gasteiger partial charge in [-0.1, -0.05) is 6.92 Å². The van der Waals surface area contributed by atoms with E-state index in [9.17, 15) is 9.59 Å². The molecule has 4 nitrogen and oxygen atoms in total. The van der Waals surface area contributed by atoms with Crippen LogP contribution in [0.4, 0.5) is 5.00 Å².